The summed E-state index contributed by atoms with van der Waals surface area (Å²) < 4.78 is 27.9. The highest BCUT2D eigenvalue weighted by Crippen LogP contribution is 2.57. The van der Waals surface area contributed by atoms with Crippen LogP contribution in [-0.4, -0.2) is 55.1 Å². The number of imidazole rings is 1. The lowest BCUT2D eigenvalue weighted by molar-refractivity contribution is -0.0528. The van der Waals surface area contributed by atoms with Gasteiger partial charge in [-0.25, -0.2) is 19.2 Å². The molecule has 10 nitrogen and oxygen atoms in total. The topological polar surface area (TPSA) is 118 Å². The maximum atomic E-state index is 15.0. The molecule has 3 N–H and O–H groups in total. The Hall–Kier alpha value is -3.21. The van der Waals surface area contributed by atoms with Gasteiger partial charge in [0.15, 0.2) is 18.1 Å². The Morgan fingerprint density at radius 2 is 2.18 bits per heavy atom. The van der Waals surface area contributed by atoms with Crippen molar-refractivity contribution in [2.75, 3.05) is 11.9 Å². The van der Waals surface area contributed by atoms with Crippen LogP contribution in [0.3, 0.4) is 0 Å². The Morgan fingerprint density at radius 3 is 2.94 bits per heavy atom. The Bertz CT molecular complexity index is 1220. The van der Waals surface area contributed by atoms with Crippen LogP contribution >= 0.6 is 0 Å². The van der Waals surface area contributed by atoms with E-state index in [1.165, 1.54) is 12.8 Å². The molecule has 4 aliphatic carbocycles. The van der Waals surface area contributed by atoms with E-state index >= 15 is 4.39 Å². The summed E-state index contributed by atoms with van der Waals surface area (Å²) in [7, 11) is 0. The number of hydrogen-bond acceptors (Lipinski definition) is 7. The second-order valence-electron chi connectivity index (χ2n) is 9.80. The standard InChI is InChI=1S/C22H24FN7O3/c23-18-15(33-21(31)27-22-6-11(7-22)8-22)10-32-19(18)13-5-16(29-28-13)26-20-24-4-3-17-25-14(9-30(17)20)12-1-2-12/h3-5,9,11-12,15,18-19H,1-2,6-8,10H2,(H,27,31)(H2,24,26,28,29)/t11?,15-,18-,19-,22?/m0/s1. The van der Waals surface area contributed by atoms with E-state index in [1.807, 2.05) is 16.7 Å². The van der Waals surface area contributed by atoms with Crippen LogP contribution in [0.15, 0.2) is 24.5 Å². The zero-order chi connectivity index (χ0) is 22.2. The first-order valence-corrected chi connectivity index (χ1v) is 11.5. The number of nitrogens with zero attached hydrogens (tertiary/aromatic N) is 4. The van der Waals surface area contributed by atoms with E-state index in [4.69, 9.17) is 9.47 Å². The smallest absolute Gasteiger partial charge is 0.408 e. The number of alkyl carbamates (subject to hydrolysis) is 1. The van der Waals surface area contributed by atoms with Gasteiger partial charge in [-0.15, -0.1) is 0 Å². The molecule has 0 unspecified atom stereocenters. The van der Waals surface area contributed by atoms with E-state index in [1.54, 1.807) is 12.3 Å². The van der Waals surface area contributed by atoms with Crippen LogP contribution < -0.4 is 10.6 Å². The molecule has 1 amide bonds. The third-order valence-electron chi connectivity index (χ3n) is 7.29. The maximum Gasteiger partial charge on any atom is 0.408 e. The molecule has 0 spiro atoms. The fourth-order valence-electron chi connectivity index (χ4n) is 5.22. The van der Waals surface area contributed by atoms with Crippen LogP contribution in [0.5, 0.6) is 0 Å². The highest BCUT2D eigenvalue weighted by molar-refractivity contribution is 5.69. The fourth-order valence-corrected chi connectivity index (χ4v) is 5.22. The first kappa shape index (κ1) is 19.3. The monoisotopic (exact) mass is 453 g/mol. The molecule has 5 aliphatic rings. The van der Waals surface area contributed by atoms with Gasteiger partial charge < -0.3 is 20.1 Å². The molecule has 4 saturated carbocycles. The molecule has 8 rings (SSSR count). The average Bonchev–Trinajstić information content (AvgIpc) is 3.16. The van der Waals surface area contributed by atoms with Crippen molar-refractivity contribution in [3.8, 4) is 0 Å². The van der Waals surface area contributed by atoms with Crippen molar-refractivity contribution >= 4 is 23.5 Å². The number of anilines is 2. The summed E-state index contributed by atoms with van der Waals surface area (Å²) >= 11 is 0. The van der Waals surface area contributed by atoms with Crippen molar-refractivity contribution in [3.05, 3.63) is 35.9 Å². The maximum absolute atomic E-state index is 15.0. The molecule has 11 heteroatoms. The Balaban J connectivity index is 1.02. The fraction of sp³-hybridized carbons (Fsp3) is 0.545. The summed E-state index contributed by atoms with van der Waals surface area (Å²) in [4.78, 5) is 21.2. The lowest BCUT2D eigenvalue weighted by atomic mass is 9.50. The number of H-pyrrole nitrogens is 1. The van der Waals surface area contributed by atoms with Gasteiger partial charge in [0.25, 0.3) is 0 Å². The summed E-state index contributed by atoms with van der Waals surface area (Å²) in [6.45, 7) is -0.00347. The summed E-state index contributed by atoms with van der Waals surface area (Å²) in [5.74, 6) is 2.32. The number of hydrogen-bond donors (Lipinski definition) is 3. The van der Waals surface area contributed by atoms with Crippen molar-refractivity contribution < 1.29 is 18.7 Å². The van der Waals surface area contributed by atoms with Crippen LogP contribution in [0, 0.1) is 5.92 Å². The molecule has 3 atom stereocenters. The van der Waals surface area contributed by atoms with Crippen molar-refractivity contribution in [2.45, 2.75) is 61.9 Å². The number of aromatic amines is 1. The lowest BCUT2D eigenvalue weighted by Crippen LogP contribution is -2.68. The summed E-state index contributed by atoms with van der Waals surface area (Å²) in [6.07, 6.45) is 5.11. The lowest BCUT2D eigenvalue weighted by Gasteiger charge is -2.61. The van der Waals surface area contributed by atoms with E-state index in [-0.39, 0.29) is 12.1 Å². The minimum Gasteiger partial charge on any atom is -0.441 e. The Kier molecular flexibility index (Phi) is 4.03. The second-order valence-corrected chi connectivity index (χ2v) is 9.80. The number of halogens is 1. The molecule has 2 bridgehead atoms. The van der Waals surface area contributed by atoms with Crippen molar-refractivity contribution in [1.82, 2.24) is 29.9 Å². The molecule has 5 fully saturated rings. The highest BCUT2D eigenvalue weighted by Gasteiger charge is 2.58. The predicted octanol–water partition coefficient (Wildman–Crippen LogP) is 3.13. The molecular formula is C22H24FN7O3. The normalized spacial score (nSPS) is 32.3. The summed E-state index contributed by atoms with van der Waals surface area (Å²) in [5, 5.41) is 13.1. The number of rotatable bonds is 6. The zero-order valence-corrected chi connectivity index (χ0v) is 17.8. The van der Waals surface area contributed by atoms with Gasteiger partial charge in [-0.2, -0.15) is 5.10 Å². The molecule has 1 saturated heterocycles. The van der Waals surface area contributed by atoms with Gasteiger partial charge >= 0.3 is 6.09 Å². The van der Waals surface area contributed by atoms with Crippen LogP contribution in [0.25, 0.3) is 5.65 Å². The molecule has 172 valence electrons. The molecule has 3 aromatic heterocycles. The largest absolute Gasteiger partial charge is 0.441 e. The number of carbonyl (C=O) groups excluding carboxylic acids is 1. The molecule has 4 heterocycles. The van der Waals surface area contributed by atoms with Gasteiger partial charge in [-0.3, -0.25) is 9.50 Å². The molecule has 0 aromatic carbocycles. The number of amides is 1. The zero-order valence-electron chi connectivity index (χ0n) is 17.8. The van der Waals surface area contributed by atoms with E-state index in [2.05, 4.69) is 30.8 Å². The van der Waals surface area contributed by atoms with Gasteiger partial charge in [0, 0.05) is 29.9 Å². The minimum absolute atomic E-state index is 0.00347. The van der Waals surface area contributed by atoms with Crippen LogP contribution in [0.4, 0.5) is 21.0 Å². The second kappa shape index (κ2) is 6.89. The number of ether oxygens (including phenoxy) is 2. The van der Waals surface area contributed by atoms with Gasteiger partial charge in [0.1, 0.15) is 11.8 Å². The van der Waals surface area contributed by atoms with Gasteiger partial charge in [0.2, 0.25) is 5.95 Å². The van der Waals surface area contributed by atoms with Gasteiger partial charge in [0.05, 0.1) is 18.0 Å². The molecule has 33 heavy (non-hydrogen) atoms. The number of aromatic nitrogens is 5. The highest BCUT2D eigenvalue weighted by atomic mass is 19.1. The third-order valence-corrected chi connectivity index (χ3v) is 7.29. The van der Waals surface area contributed by atoms with E-state index < -0.39 is 24.5 Å². The van der Waals surface area contributed by atoms with Gasteiger partial charge in [-0.1, -0.05) is 0 Å². The quantitative estimate of drug-likeness (QED) is 0.525. The third kappa shape index (κ3) is 3.25. The Morgan fingerprint density at radius 1 is 1.33 bits per heavy atom. The SMILES string of the molecule is O=C(NC12CC(C1)C2)O[C@H]1CO[C@@H](c2cc(Nc3nccc4nc(C5CC5)cn34)n[nH]2)[C@H]1F. The van der Waals surface area contributed by atoms with E-state index in [9.17, 15) is 4.79 Å². The van der Waals surface area contributed by atoms with Crippen LogP contribution in [0.1, 0.15) is 55.5 Å². The van der Waals surface area contributed by atoms with Gasteiger partial charge in [-0.05, 0) is 44.1 Å². The summed E-state index contributed by atoms with van der Waals surface area (Å²) in [6, 6.07) is 3.54. The molecule has 1 aliphatic heterocycles. The van der Waals surface area contributed by atoms with Crippen molar-refractivity contribution in [2.24, 2.45) is 5.92 Å². The number of nitrogens with one attached hydrogen (secondary N) is 3. The minimum atomic E-state index is -1.49. The van der Waals surface area contributed by atoms with Crippen molar-refractivity contribution in [3.63, 3.8) is 0 Å². The number of fused-ring (bicyclic) bond motifs is 1. The van der Waals surface area contributed by atoms with Crippen molar-refractivity contribution in [1.29, 1.82) is 0 Å². The number of carbonyl (C=O) groups is 1. The predicted molar refractivity (Wildman–Crippen MR) is 114 cm³/mol. The first-order valence-electron chi connectivity index (χ1n) is 11.5. The first-order chi connectivity index (χ1) is 16.1. The molecule has 3 aromatic rings. The molecule has 0 radical (unpaired) electrons. The molecular weight excluding hydrogens is 429 g/mol. The summed E-state index contributed by atoms with van der Waals surface area (Å²) in [5.41, 5.74) is 2.23. The van der Waals surface area contributed by atoms with E-state index in [0.717, 1.165) is 36.5 Å². The van der Waals surface area contributed by atoms with Crippen LogP contribution in [-0.2, 0) is 9.47 Å². The Labute approximate surface area is 188 Å². The van der Waals surface area contributed by atoms with E-state index in [0.29, 0.717) is 23.4 Å². The average molecular weight is 453 g/mol. The number of alkyl halides is 1. The van der Waals surface area contributed by atoms with Crippen LogP contribution in [0.2, 0.25) is 0 Å².